The van der Waals surface area contributed by atoms with Crippen molar-refractivity contribution >= 4 is 41.7 Å². The lowest BCUT2D eigenvalue weighted by Crippen LogP contribution is -2.40. The number of hydrogen-bond acceptors (Lipinski definition) is 3. The van der Waals surface area contributed by atoms with Crippen molar-refractivity contribution in [3.05, 3.63) is 70.1 Å². The van der Waals surface area contributed by atoms with Gasteiger partial charge in [-0.1, -0.05) is 30.3 Å². The molecule has 1 saturated heterocycles. The second kappa shape index (κ2) is 12.2. The Morgan fingerprint density at radius 3 is 2.64 bits per heavy atom. The highest BCUT2D eigenvalue weighted by molar-refractivity contribution is 14.0. The summed E-state index contributed by atoms with van der Waals surface area (Å²) in [6, 6.07) is 13.5. The molecule has 0 bridgehead atoms. The van der Waals surface area contributed by atoms with Crippen LogP contribution in [0.1, 0.15) is 30.9 Å². The summed E-state index contributed by atoms with van der Waals surface area (Å²) < 4.78 is 1.71. The molecule has 1 aromatic carbocycles. The molecule has 0 aliphatic carbocycles. The highest BCUT2D eigenvalue weighted by atomic mass is 127. The van der Waals surface area contributed by atoms with Crippen LogP contribution in [-0.4, -0.2) is 34.6 Å². The van der Waals surface area contributed by atoms with Crippen LogP contribution in [0, 0.1) is 0 Å². The standard InChI is InChI=1S/C21H28N4OS.HI/c1-2-22-21(24-15-19-6-5-13-27-19)23-14-17-8-10-18(11-9-17)16-25-12-4-3-7-20(25)26;/h3-4,7-12,19H,2,5-6,13-16H2,1H3,(H2,22,23,24);1H. The van der Waals surface area contributed by atoms with E-state index in [1.165, 1.54) is 18.6 Å². The van der Waals surface area contributed by atoms with Gasteiger partial charge in [-0.25, -0.2) is 4.99 Å². The number of benzene rings is 1. The van der Waals surface area contributed by atoms with Gasteiger partial charge in [0.05, 0.1) is 13.1 Å². The van der Waals surface area contributed by atoms with Gasteiger partial charge < -0.3 is 15.2 Å². The molecule has 0 spiro atoms. The number of thioether (sulfide) groups is 1. The predicted octanol–water partition coefficient (Wildman–Crippen LogP) is 3.47. The monoisotopic (exact) mass is 512 g/mol. The van der Waals surface area contributed by atoms with Gasteiger partial charge in [-0.05, 0) is 42.7 Å². The molecule has 1 fully saturated rings. The van der Waals surface area contributed by atoms with Crippen LogP contribution in [0.3, 0.4) is 0 Å². The maximum Gasteiger partial charge on any atom is 0.250 e. The topological polar surface area (TPSA) is 58.4 Å². The molecule has 1 unspecified atom stereocenters. The Labute approximate surface area is 188 Å². The van der Waals surface area contributed by atoms with Gasteiger partial charge in [-0.15, -0.1) is 24.0 Å². The summed E-state index contributed by atoms with van der Waals surface area (Å²) >= 11 is 2.05. The predicted molar refractivity (Wildman–Crippen MR) is 130 cm³/mol. The molecular weight excluding hydrogens is 483 g/mol. The lowest BCUT2D eigenvalue weighted by Gasteiger charge is -2.14. The molecule has 1 aliphatic heterocycles. The van der Waals surface area contributed by atoms with Gasteiger partial charge in [0.15, 0.2) is 5.96 Å². The Kier molecular flexibility index (Phi) is 9.91. The highest BCUT2D eigenvalue weighted by Gasteiger charge is 2.15. The molecule has 1 aromatic heterocycles. The SMILES string of the molecule is CCNC(=NCc1ccc(Cn2ccccc2=O)cc1)NCC1CCCS1.I. The normalized spacial score (nSPS) is 16.5. The van der Waals surface area contributed by atoms with Crippen LogP contribution in [-0.2, 0) is 13.1 Å². The number of nitrogens with one attached hydrogen (secondary N) is 2. The fourth-order valence-electron chi connectivity index (χ4n) is 3.07. The van der Waals surface area contributed by atoms with Crippen molar-refractivity contribution in [1.82, 2.24) is 15.2 Å². The second-order valence-corrected chi connectivity index (χ2v) is 8.10. The Hall–Kier alpha value is -1.48. The Morgan fingerprint density at radius 2 is 1.96 bits per heavy atom. The minimum atomic E-state index is 0. The molecule has 5 nitrogen and oxygen atoms in total. The zero-order valence-corrected chi connectivity index (χ0v) is 19.4. The number of halogens is 1. The first kappa shape index (κ1) is 22.8. The van der Waals surface area contributed by atoms with Gasteiger partial charge in [-0.2, -0.15) is 11.8 Å². The van der Waals surface area contributed by atoms with Gasteiger partial charge in [0.1, 0.15) is 0 Å². The number of pyridine rings is 1. The zero-order valence-electron chi connectivity index (χ0n) is 16.3. The van der Waals surface area contributed by atoms with E-state index in [1.54, 1.807) is 16.7 Å². The van der Waals surface area contributed by atoms with Crippen molar-refractivity contribution in [1.29, 1.82) is 0 Å². The molecule has 7 heteroatoms. The molecule has 0 radical (unpaired) electrons. The zero-order chi connectivity index (χ0) is 18.9. The van der Waals surface area contributed by atoms with E-state index in [1.807, 2.05) is 12.3 Å². The van der Waals surface area contributed by atoms with Crippen LogP contribution in [0.15, 0.2) is 58.4 Å². The first-order valence-electron chi connectivity index (χ1n) is 9.61. The number of nitrogens with zero attached hydrogens (tertiary/aromatic N) is 2. The van der Waals surface area contributed by atoms with Gasteiger partial charge in [0.2, 0.25) is 0 Å². The van der Waals surface area contributed by atoms with Crippen molar-refractivity contribution < 1.29 is 0 Å². The maximum absolute atomic E-state index is 11.8. The summed E-state index contributed by atoms with van der Waals surface area (Å²) in [5, 5.41) is 7.49. The first-order valence-corrected chi connectivity index (χ1v) is 10.7. The Balaban J connectivity index is 0.00000280. The maximum atomic E-state index is 11.8. The third-order valence-electron chi connectivity index (χ3n) is 4.56. The molecule has 2 N–H and O–H groups in total. The van der Waals surface area contributed by atoms with Crippen LogP contribution in [0.4, 0.5) is 0 Å². The van der Waals surface area contributed by atoms with Gasteiger partial charge in [-0.3, -0.25) is 4.79 Å². The van der Waals surface area contributed by atoms with Crippen molar-refractivity contribution in [3.63, 3.8) is 0 Å². The quantitative estimate of drug-likeness (QED) is 0.339. The number of rotatable bonds is 7. The van der Waals surface area contributed by atoms with Crippen LogP contribution in [0.25, 0.3) is 0 Å². The average Bonchev–Trinajstić information content (AvgIpc) is 3.21. The largest absolute Gasteiger partial charge is 0.357 e. The van der Waals surface area contributed by atoms with E-state index in [0.717, 1.165) is 30.2 Å². The van der Waals surface area contributed by atoms with Crippen molar-refractivity contribution in [2.45, 2.75) is 38.1 Å². The van der Waals surface area contributed by atoms with Gasteiger partial charge >= 0.3 is 0 Å². The van der Waals surface area contributed by atoms with Crippen LogP contribution < -0.4 is 16.2 Å². The molecule has 3 rings (SSSR count). The van der Waals surface area contributed by atoms with Crippen molar-refractivity contribution in [3.8, 4) is 0 Å². The summed E-state index contributed by atoms with van der Waals surface area (Å²) in [4.78, 5) is 16.5. The van der Waals surface area contributed by atoms with Crippen molar-refractivity contribution in [2.75, 3.05) is 18.8 Å². The third-order valence-corrected chi connectivity index (χ3v) is 5.96. The summed E-state index contributed by atoms with van der Waals surface area (Å²) in [5.74, 6) is 2.16. The van der Waals surface area contributed by atoms with E-state index in [-0.39, 0.29) is 29.5 Å². The highest BCUT2D eigenvalue weighted by Crippen LogP contribution is 2.25. The van der Waals surface area contributed by atoms with Gasteiger partial charge in [0.25, 0.3) is 5.56 Å². The average molecular weight is 512 g/mol. The van der Waals surface area contributed by atoms with E-state index < -0.39 is 0 Å². The van der Waals surface area contributed by atoms with E-state index in [0.29, 0.717) is 18.3 Å². The molecule has 0 amide bonds. The number of aliphatic imine (C=N–C) groups is 1. The fourth-order valence-corrected chi connectivity index (χ4v) is 4.27. The van der Waals surface area contributed by atoms with Crippen molar-refractivity contribution in [2.24, 2.45) is 4.99 Å². The first-order chi connectivity index (χ1) is 13.2. The third kappa shape index (κ3) is 7.16. The minimum absolute atomic E-state index is 0. The van der Waals surface area contributed by atoms with E-state index in [2.05, 4.69) is 53.6 Å². The van der Waals surface area contributed by atoms with E-state index in [9.17, 15) is 4.79 Å². The summed E-state index contributed by atoms with van der Waals surface area (Å²) in [7, 11) is 0. The molecule has 2 heterocycles. The molecule has 0 saturated carbocycles. The molecule has 152 valence electrons. The second-order valence-electron chi connectivity index (χ2n) is 6.69. The van der Waals surface area contributed by atoms with Crippen LogP contribution in [0.2, 0.25) is 0 Å². The lowest BCUT2D eigenvalue weighted by molar-refractivity contribution is 0.727. The van der Waals surface area contributed by atoms with E-state index >= 15 is 0 Å². The number of guanidine groups is 1. The smallest absolute Gasteiger partial charge is 0.250 e. The molecule has 1 atom stereocenters. The Bertz CT molecular complexity index is 801. The number of hydrogen-bond donors (Lipinski definition) is 2. The summed E-state index contributed by atoms with van der Waals surface area (Å²) in [6.07, 6.45) is 4.44. The summed E-state index contributed by atoms with van der Waals surface area (Å²) in [6.45, 7) is 5.14. The molecule has 2 aromatic rings. The Morgan fingerprint density at radius 1 is 1.18 bits per heavy atom. The van der Waals surface area contributed by atoms with E-state index in [4.69, 9.17) is 4.99 Å². The van der Waals surface area contributed by atoms with Gasteiger partial charge in [0, 0.05) is 30.6 Å². The van der Waals surface area contributed by atoms with Crippen LogP contribution in [0.5, 0.6) is 0 Å². The lowest BCUT2D eigenvalue weighted by atomic mass is 10.1. The fraction of sp³-hybridized carbons (Fsp3) is 0.429. The molecular formula is C21H29IN4OS. The minimum Gasteiger partial charge on any atom is -0.357 e. The number of aromatic nitrogens is 1. The van der Waals surface area contributed by atoms with Crippen LogP contribution >= 0.6 is 35.7 Å². The summed E-state index contributed by atoms with van der Waals surface area (Å²) in [5.41, 5.74) is 2.29. The molecule has 1 aliphatic rings. The molecule has 28 heavy (non-hydrogen) atoms.